The van der Waals surface area contributed by atoms with Gasteiger partial charge in [0.2, 0.25) is 5.75 Å². The van der Waals surface area contributed by atoms with Crippen molar-refractivity contribution in [1.82, 2.24) is 14.5 Å². The first-order valence-corrected chi connectivity index (χ1v) is 8.32. The number of carbonyl (C=O) groups excluding carboxylic acids is 1. The fourth-order valence-corrected chi connectivity index (χ4v) is 3.30. The molecule has 1 aliphatic heterocycles. The predicted molar refractivity (Wildman–Crippen MR) is 95.8 cm³/mol. The number of nitrogens with two attached hydrogens (primary N) is 1. The number of methoxy groups -OCH3 is 1. The van der Waals surface area contributed by atoms with E-state index >= 15 is 0 Å². The van der Waals surface area contributed by atoms with E-state index in [1.165, 1.54) is 25.4 Å². The third-order valence-corrected chi connectivity index (χ3v) is 4.80. The number of amides is 1. The van der Waals surface area contributed by atoms with Crippen LogP contribution >= 0.6 is 0 Å². The number of ether oxygens (including phenoxy) is 2. The molecule has 4 rings (SSSR count). The van der Waals surface area contributed by atoms with Crippen LogP contribution in [0.3, 0.4) is 0 Å². The molecule has 0 aliphatic carbocycles. The van der Waals surface area contributed by atoms with E-state index in [1.54, 1.807) is 4.57 Å². The standard InChI is InChI=1S/C18H17FN4O5/c1-18(6-28-7-18)23-11-5-21-10(16(20)26)4-9(11)22-17(23)8-3-12(27-2)14(24)15(25)13(8)19/h3-5,24-25H,6-7H2,1-2H3,(H2,20,26). The minimum Gasteiger partial charge on any atom is -0.502 e. The summed E-state index contributed by atoms with van der Waals surface area (Å²) in [6, 6.07) is 2.66. The number of carbonyl (C=O) groups is 1. The van der Waals surface area contributed by atoms with E-state index in [9.17, 15) is 19.4 Å². The highest BCUT2D eigenvalue weighted by molar-refractivity contribution is 5.94. The van der Waals surface area contributed by atoms with Crippen molar-refractivity contribution in [2.75, 3.05) is 20.3 Å². The van der Waals surface area contributed by atoms with Gasteiger partial charge in [-0.15, -0.1) is 0 Å². The number of primary amides is 1. The fourth-order valence-electron chi connectivity index (χ4n) is 3.30. The first kappa shape index (κ1) is 18.0. The van der Waals surface area contributed by atoms with Crippen molar-refractivity contribution in [3.63, 3.8) is 0 Å². The molecule has 1 aliphatic rings. The third-order valence-electron chi connectivity index (χ3n) is 4.80. The largest absolute Gasteiger partial charge is 0.502 e. The van der Waals surface area contributed by atoms with Crippen molar-refractivity contribution >= 4 is 16.9 Å². The van der Waals surface area contributed by atoms with Crippen LogP contribution in [-0.2, 0) is 10.3 Å². The smallest absolute Gasteiger partial charge is 0.267 e. The van der Waals surface area contributed by atoms with Gasteiger partial charge in [0, 0.05) is 0 Å². The maximum Gasteiger partial charge on any atom is 0.267 e. The Morgan fingerprint density at radius 1 is 1.36 bits per heavy atom. The van der Waals surface area contributed by atoms with Gasteiger partial charge in [-0.05, 0) is 19.1 Å². The molecule has 4 N–H and O–H groups in total. The van der Waals surface area contributed by atoms with Crippen molar-refractivity contribution < 1.29 is 28.9 Å². The quantitative estimate of drug-likeness (QED) is 0.577. The normalized spacial score (nSPS) is 15.4. The number of fused-ring (bicyclic) bond motifs is 1. The van der Waals surface area contributed by atoms with Crippen molar-refractivity contribution in [2.45, 2.75) is 12.5 Å². The molecule has 0 bridgehead atoms. The van der Waals surface area contributed by atoms with E-state index in [1.807, 2.05) is 6.92 Å². The zero-order valence-corrected chi connectivity index (χ0v) is 15.1. The summed E-state index contributed by atoms with van der Waals surface area (Å²) in [5.41, 5.74) is 5.59. The van der Waals surface area contributed by atoms with Crippen LogP contribution in [0.1, 0.15) is 17.4 Å². The first-order valence-electron chi connectivity index (χ1n) is 8.32. The molecule has 1 fully saturated rings. The van der Waals surface area contributed by atoms with E-state index in [0.29, 0.717) is 24.2 Å². The topological polar surface area (TPSA) is 133 Å². The Morgan fingerprint density at radius 2 is 2.07 bits per heavy atom. The van der Waals surface area contributed by atoms with E-state index < -0.39 is 28.8 Å². The highest BCUT2D eigenvalue weighted by Crippen LogP contribution is 2.44. The molecule has 0 spiro atoms. The van der Waals surface area contributed by atoms with Crippen LogP contribution < -0.4 is 10.5 Å². The molecule has 146 valence electrons. The Hall–Kier alpha value is -3.40. The van der Waals surface area contributed by atoms with Gasteiger partial charge in [0.25, 0.3) is 5.91 Å². The van der Waals surface area contributed by atoms with Crippen LogP contribution in [0.4, 0.5) is 4.39 Å². The van der Waals surface area contributed by atoms with Crippen LogP contribution in [0.5, 0.6) is 17.2 Å². The molecule has 0 unspecified atom stereocenters. The average Bonchev–Trinajstić information content (AvgIpc) is 3.03. The van der Waals surface area contributed by atoms with Crippen LogP contribution in [-0.4, -0.2) is 51.0 Å². The van der Waals surface area contributed by atoms with Crippen molar-refractivity contribution in [3.05, 3.63) is 29.8 Å². The molecule has 2 aromatic heterocycles. The van der Waals surface area contributed by atoms with Gasteiger partial charge in [0.1, 0.15) is 11.5 Å². The number of imidazole rings is 1. The number of hydrogen-bond donors (Lipinski definition) is 3. The second kappa shape index (κ2) is 6.06. The van der Waals surface area contributed by atoms with Gasteiger partial charge < -0.3 is 30.0 Å². The molecule has 10 heteroatoms. The minimum atomic E-state index is -1.05. The van der Waals surface area contributed by atoms with Crippen molar-refractivity contribution in [2.24, 2.45) is 5.73 Å². The van der Waals surface area contributed by atoms with Crippen LogP contribution in [0.2, 0.25) is 0 Å². The molecule has 1 aromatic carbocycles. The highest BCUT2D eigenvalue weighted by Gasteiger charge is 2.39. The van der Waals surface area contributed by atoms with Gasteiger partial charge >= 0.3 is 0 Å². The second-order valence-corrected chi connectivity index (χ2v) is 6.82. The van der Waals surface area contributed by atoms with Gasteiger partial charge in [-0.3, -0.25) is 4.79 Å². The van der Waals surface area contributed by atoms with Gasteiger partial charge in [-0.2, -0.15) is 0 Å². The minimum absolute atomic E-state index is 0.0188. The summed E-state index contributed by atoms with van der Waals surface area (Å²) in [7, 11) is 1.28. The lowest BCUT2D eigenvalue weighted by molar-refractivity contribution is -0.0868. The lowest BCUT2D eigenvalue weighted by atomic mass is 9.99. The molecule has 3 aromatic rings. The van der Waals surface area contributed by atoms with Crippen LogP contribution in [0.15, 0.2) is 18.3 Å². The number of phenolic OH excluding ortho intramolecular Hbond substituents is 2. The Balaban J connectivity index is 2.05. The lowest BCUT2D eigenvalue weighted by Gasteiger charge is -2.40. The summed E-state index contributed by atoms with van der Waals surface area (Å²) in [6.45, 7) is 2.61. The number of aromatic hydroxyl groups is 2. The molecule has 0 atom stereocenters. The van der Waals surface area contributed by atoms with E-state index in [4.69, 9.17) is 15.2 Å². The van der Waals surface area contributed by atoms with Gasteiger partial charge in [0.05, 0.1) is 48.7 Å². The predicted octanol–water partition coefficient (Wildman–Crippen LogP) is 1.50. The highest BCUT2D eigenvalue weighted by atomic mass is 19.1. The molecule has 1 saturated heterocycles. The number of halogens is 1. The van der Waals surface area contributed by atoms with Gasteiger partial charge in [-0.25, -0.2) is 14.4 Å². The molecular weight excluding hydrogens is 371 g/mol. The number of pyridine rings is 1. The monoisotopic (exact) mass is 388 g/mol. The number of phenols is 2. The van der Waals surface area contributed by atoms with Gasteiger partial charge in [-0.1, -0.05) is 0 Å². The maximum atomic E-state index is 14.9. The molecule has 28 heavy (non-hydrogen) atoms. The summed E-state index contributed by atoms with van der Waals surface area (Å²) in [6.07, 6.45) is 1.44. The van der Waals surface area contributed by atoms with Crippen LogP contribution in [0, 0.1) is 5.82 Å². The fraction of sp³-hybridized carbons (Fsp3) is 0.278. The number of rotatable bonds is 4. The zero-order valence-electron chi connectivity index (χ0n) is 15.1. The molecule has 0 radical (unpaired) electrons. The average molecular weight is 388 g/mol. The molecular formula is C18H17FN4O5. The number of benzene rings is 1. The van der Waals surface area contributed by atoms with Gasteiger partial charge in [0.15, 0.2) is 17.3 Å². The Bertz CT molecular complexity index is 1120. The Labute approximate surface area is 158 Å². The summed E-state index contributed by atoms with van der Waals surface area (Å²) in [4.78, 5) is 20.0. The van der Waals surface area contributed by atoms with Crippen molar-refractivity contribution in [3.8, 4) is 28.6 Å². The second-order valence-electron chi connectivity index (χ2n) is 6.82. The maximum absolute atomic E-state index is 14.9. The zero-order chi connectivity index (χ0) is 20.2. The van der Waals surface area contributed by atoms with Crippen LogP contribution in [0.25, 0.3) is 22.4 Å². The molecule has 3 heterocycles. The first-order chi connectivity index (χ1) is 13.3. The Morgan fingerprint density at radius 3 is 2.64 bits per heavy atom. The summed E-state index contributed by atoms with van der Waals surface area (Å²) in [5.74, 6) is -3.37. The van der Waals surface area contributed by atoms with E-state index in [0.717, 1.165) is 0 Å². The van der Waals surface area contributed by atoms with Crippen molar-refractivity contribution in [1.29, 1.82) is 0 Å². The summed E-state index contributed by atoms with van der Waals surface area (Å²) >= 11 is 0. The molecule has 0 saturated carbocycles. The van der Waals surface area contributed by atoms with E-state index in [-0.39, 0.29) is 22.8 Å². The number of aromatic nitrogens is 3. The molecule has 9 nitrogen and oxygen atoms in total. The van der Waals surface area contributed by atoms with E-state index in [2.05, 4.69) is 9.97 Å². The number of hydrogen-bond acceptors (Lipinski definition) is 7. The SMILES string of the molecule is COc1cc(-c2nc3cc(C(N)=O)ncc3n2C2(C)COC2)c(F)c(O)c1O. The Kier molecular flexibility index (Phi) is 3.89. The lowest BCUT2D eigenvalue weighted by Crippen LogP contribution is -2.49. The summed E-state index contributed by atoms with van der Waals surface area (Å²) < 4.78 is 26.9. The molecule has 1 amide bonds. The third kappa shape index (κ3) is 2.45. The summed E-state index contributed by atoms with van der Waals surface area (Å²) in [5, 5.41) is 19.8. The number of nitrogens with zero attached hydrogens (tertiary/aromatic N) is 3.